The summed E-state index contributed by atoms with van der Waals surface area (Å²) >= 11 is 0.912. The standard InChI is InChI=1S/C21H20N2O4S/c1-13-4-7-16(10-14(13)2)22-19(24)12-27-17-8-5-15(6-9-17)11-18-20(25)23(3)21(26)28-18/h4-11H,12H2,1-3H3,(H,22,24)/b18-11-. The zero-order chi connectivity index (χ0) is 20.3. The zero-order valence-electron chi connectivity index (χ0n) is 15.8. The van der Waals surface area contributed by atoms with Crippen molar-refractivity contribution in [3.05, 3.63) is 64.1 Å². The summed E-state index contributed by atoms with van der Waals surface area (Å²) in [6.45, 7) is 3.89. The molecular formula is C21H20N2O4S. The Morgan fingerprint density at radius 3 is 2.43 bits per heavy atom. The van der Waals surface area contributed by atoms with Gasteiger partial charge in [-0.25, -0.2) is 0 Å². The Labute approximate surface area is 167 Å². The first-order valence-corrected chi connectivity index (χ1v) is 9.46. The summed E-state index contributed by atoms with van der Waals surface area (Å²) in [6, 6.07) is 12.7. The van der Waals surface area contributed by atoms with E-state index < -0.39 is 0 Å². The van der Waals surface area contributed by atoms with E-state index in [-0.39, 0.29) is 23.7 Å². The maximum atomic E-state index is 12.1. The molecule has 0 unspecified atom stereocenters. The van der Waals surface area contributed by atoms with Gasteiger partial charge in [-0.1, -0.05) is 18.2 Å². The minimum absolute atomic E-state index is 0.110. The summed E-state index contributed by atoms with van der Waals surface area (Å²) in [5.41, 5.74) is 3.77. The summed E-state index contributed by atoms with van der Waals surface area (Å²) in [7, 11) is 1.46. The highest BCUT2D eigenvalue weighted by atomic mass is 32.2. The first-order chi connectivity index (χ1) is 13.3. The molecule has 28 heavy (non-hydrogen) atoms. The number of carbonyl (C=O) groups is 3. The van der Waals surface area contributed by atoms with E-state index in [0.29, 0.717) is 10.7 Å². The van der Waals surface area contributed by atoms with Crippen LogP contribution in [0.5, 0.6) is 5.75 Å². The lowest BCUT2D eigenvalue weighted by Gasteiger charge is -2.09. The molecule has 3 rings (SSSR count). The van der Waals surface area contributed by atoms with Gasteiger partial charge >= 0.3 is 0 Å². The highest BCUT2D eigenvalue weighted by Gasteiger charge is 2.31. The van der Waals surface area contributed by atoms with Crippen LogP contribution in [0.3, 0.4) is 0 Å². The van der Waals surface area contributed by atoms with Crippen molar-refractivity contribution in [2.45, 2.75) is 13.8 Å². The number of benzene rings is 2. The molecular weight excluding hydrogens is 376 g/mol. The summed E-state index contributed by atoms with van der Waals surface area (Å²) in [5.74, 6) is -0.0155. The van der Waals surface area contributed by atoms with Crippen LogP contribution in [-0.2, 0) is 9.59 Å². The number of hydrogen-bond donors (Lipinski definition) is 1. The van der Waals surface area contributed by atoms with E-state index in [9.17, 15) is 14.4 Å². The van der Waals surface area contributed by atoms with Crippen molar-refractivity contribution in [1.29, 1.82) is 0 Å². The minimum Gasteiger partial charge on any atom is -0.484 e. The van der Waals surface area contributed by atoms with Gasteiger partial charge in [-0.05, 0) is 72.6 Å². The fourth-order valence-corrected chi connectivity index (χ4v) is 3.35. The van der Waals surface area contributed by atoms with Gasteiger partial charge in [0.1, 0.15) is 5.75 Å². The zero-order valence-corrected chi connectivity index (χ0v) is 16.6. The molecule has 1 aliphatic heterocycles. The molecule has 3 amide bonds. The highest BCUT2D eigenvalue weighted by molar-refractivity contribution is 8.18. The van der Waals surface area contributed by atoms with E-state index >= 15 is 0 Å². The Balaban J connectivity index is 1.56. The third kappa shape index (κ3) is 4.61. The minimum atomic E-state index is -0.307. The molecule has 2 aromatic carbocycles. The quantitative estimate of drug-likeness (QED) is 0.774. The Morgan fingerprint density at radius 2 is 1.82 bits per heavy atom. The monoisotopic (exact) mass is 396 g/mol. The lowest BCUT2D eigenvalue weighted by molar-refractivity contribution is -0.121. The van der Waals surface area contributed by atoms with E-state index in [2.05, 4.69) is 5.32 Å². The van der Waals surface area contributed by atoms with Crippen LogP contribution in [0.1, 0.15) is 16.7 Å². The average molecular weight is 396 g/mol. The van der Waals surface area contributed by atoms with E-state index in [1.807, 2.05) is 32.0 Å². The van der Waals surface area contributed by atoms with Gasteiger partial charge in [0.15, 0.2) is 6.61 Å². The number of carbonyl (C=O) groups excluding carboxylic acids is 3. The number of anilines is 1. The number of hydrogen-bond acceptors (Lipinski definition) is 5. The molecule has 0 saturated carbocycles. The normalized spacial score (nSPS) is 15.2. The summed E-state index contributed by atoms with van der Waals surface area (Å²) in [4.78, 5) is 36.9. The predicted octanol–water partition coefficient (Wildman–Crippen LogP) is 3.99. The Morgan fingerprint density at radius 1 is 1.11 bits per heavy atom. The van der Waals surface area contributed by atoms with E-state index in [4.69, 9.17) is 4.74 Å². The fraction of sp³-hybridized carbons (Fsp3) is 0.190. The Kier molecular flexibility index (Phi) is 5.84. The summed E-state index contributed by atoms with van der Waals surface area (Å²) in [6.07, 6.45) is 1.66. The van der Waals surface area contributed by atoms with Gasteiger partial charge in [-0.15, -0.1) is 0 Å². The van der Waals surface area contributed by atoms with Crippen LogP contribution in [0.4, 0.5) is 10.5 Å². The second-order valence-electron chi connectivity index (χ2n) is 6.45. The Hall–Kier alpha value is -3.06. The molecule has 7 heteroatoms. The van der Waals surface area contributed by atoms with Crippen LogP contribution in [0, 0.1) is 13.8 Å². The van der Waals surface area contributed by atoms with Gasteiger partial charge in [0.25, 0.3) is 17.1 Å². The summed E-state index contributed by atoms with van der Waals surface area (Å²) < 4.78 is 5.51. The van der Waals surface area contributed by atoms with Gasteiger partial charge < -0.3 is 10.1 Å². The highest BCUT2D eigenvalue weighted by Crippen LogP contribution is 2.31. The van der Waals surface area contributed by atoms with Gasteiger partial charge in [0, 0.05) is 12.7 Å². The van der Waals surface area contributed by atoms with Gasteiger partial charge in [-0.2, -0.15) is 0 Å². The molecule has 1 N–H and O–H groups in total. The molecule has 6 nitrogen and oxygen atoms in total. The van der Waals surface area contributed by atoms with E-state index in [1.165, 1.54) is 7.05 Å². The van der Waals surface area contributed by atoms with Crippen molar-refractivity contribution in [2.75, 3.05) is 19.0 Å². The first kappa shape index (κ1) is 19.7. The molecule has 2 aromatic rings. The van der Waals surface area contributed by atoms with Crippen molar-refractivity contribution < 1.29 is 19.1 Å². The second-order valence-corrected chi connectivity index (χ2v) is 7.44. The largest absolute Gasteiger partial charge is 0.484 e. The van der Waals surface area contributed by atoms with Gasteiger partial charge in [0.2, 0.25) is 0 Å². The predicted molar refractivity (Wildman–Crippen MR) is 110 cm³/mol. The van der Waals surface area contributed by atoms with Crippen molar-refractivity contribution in [2.24, 2.45) is 0 Å². The molecule has 1 aliphatic rings. The third-order valence-electron chi connectivity index (χ3n) is 4.33. The van der Waals surface area contributed by atoms with Gasteiger partial charge in [-0.3, -0.25) is 19.3 Å². The third-order valence-corrected chi connectivity index (χ3v) is 5.29. The van der Waals surface area contributed by atoms with Crippen molar-refractivity contribution >= 4 is 40.6 Å². The molecule has 0 radical (unpaired) electrons. The van der Waals surface area contributed by atoms with Crippen molar-refractivity contribution in [1.82, 2.24) is 4.90 Å². The Bertz CT molecular complexity index is 967. The number of likely N-dealkylation sites (N-methyl/N-ethyl adjacent to an activating group) is 1. The molecule has 0 atom stereocenters. The molecule has 0 aliphatic carbocycles. The van der Waals surface area contributed by atoms with Crippen LogP contribution in [-0.4, -0.2) is 35.6 Å². The van der Waals surface area contributed by atoms with Crippen LogP contribution in [0.15, 0.2) is 47.4 Å². The molecule has 0 aromatic heterocycles. The smallest absolute Gasteiger partial charge is 0.293 e. The molecule has 1 saturated heterocycles. The molecule has 144 valence electrons. The number of rotatable bonds is 5. The van der Waals surface area contributed by atoms with E-state index in [1.54, 1.807) is 30.3 Å². The average Bonchev–Trinajstić information content (AvgIpc) is 2.91. The number of aryl methyl sites for hydroxylation is 2. The number of nitrogens with zero attached hydrogens (tertiary/aromatic N) is 1. The number of ether oxygens (including phenoxy) is 1. The van der Waals surface area contributed by atoms with Crippen molar-refractivity contribution in [3.63, 3.8) is 0 Å². The lowest BCUT2D eigenvalue weighted by Crippen LogP contribution is -2.22. The van der Waals surface area contributed by atoms with Crippen LogP contribution in [0.25, 0.3) is 6.08 Å². The van der Waals surface area contributed by atoms with E-state index in [0.717, 1.165) is 39.0 Å². The molecule has 0 bridgehead atoms. The van der Waals surface area contributed by atoms with Crippen LogP contribution < -0.4 is 10.1 Å². The van der Waals surface area contributed by atoms with Crippen LogP contribution in [0.2, 0.25) is 0 Å². The number of amides is 3. The van der Waals surface area contributed by atoms with Crippen molar-refractivity contribution in [3.8, 4) is 5.75 Å². The van der Waals surface area contributed by atoms with Gasteiger partial charge in [0.05, 0.1) is 4.91 Å². The maximum absolute atomic E-state index is 12.1. The number of imide groups is 1. The molecule has 1 heterocycles. The maximum Gasteiger partial charge on any atom is 0.293 e. The first-order valence-electron chi connectivity index (χ1n) is 8.65. The molecule has 0 spiro atoms. The number of nitrogens with one attached hydrogen (secondary N) is 1. The molecule has 1 fully saturated rings. The number of thioether (sulfide) groups is 1. The summed E-state index contributed by atoms with van der Waals surface area (Å²) in [5, 5.41) is 2.52. The lowest BCUT2D eigenvalue weighted by atomic mass is 10.1. The van der Waals surface area contributed by atoms with Crippen LogP contribution >= 0.6 is 11.8 Å². The topological polar surface area (TPSA) is 75.7 Å². The fourth-order valence-electron chi connectivity index (χ4n) is 2.52. The SMILES string of the molecule is Cc1ccc(NC(=O)COc2ccc(/C=C3\SC(=O)N(C)C3=O)cc2)cc1C. The second kappa shape index (κ2) is 8.31.